The lowest BCUT2D eigenvalue weighted by Crippen LogP contribution is -2.32. The summed E-state index contributed by atoms with van der Waals surface area (Å²) in [5.41, 5.74) is 6.10. The fraction of sp³-hybridized carbons (Fsp3) is 0.214. The number of anilines is 3. The smallest absolute Gasteiger partial charge is 0.282 e. The summed E-state index contributed by atoms with van der Waals surface area (Å²) in [6.45, 7) is 6.12. The summed E-state index contributed by atoms with van der Waals surface area (Å²) >= 11 is 0. The maximum absolute atomic E-state index is 13.6. The van der Waals surface area contributed by atoms with Gasteiger partial charge in [0.05, 0.1) is 11.3 Å². The van der Waals surface area contributed by atoms with Crippen LogP contribution in [0.1, 0.15) is 29.5 Å². The molecule has 5 heteroatoms. The summed E-state index contributed by atoms with van der Waals surface area (Å²) in [6, 6.07) is 23.2. The van der Waals surface area contributed by atoms with Crippen molar-refractivity contribution in [3.8, 4) is 0 Å². The number of carbonyl (C=O) groups is 2. The van der Waals surface area contributed by atoms with Crippen LogP contribution in [0.3, 0.4) is 0 Å². The lowest BCUT2D eigenvalue weighted by atomic mass is 10.0. The Kier molecular flexibility index (Phi) is 5.47. The van der Waals surface area contributed by atoms with Gasteiger partial charge in [0.25, 0.3) is 11.8 Å². The first-order valence-electron chi connectivity index (χ1n) is 11.4. The first kappa shape index (κ1) is 21.0. The normalized spacial score (nSPS) is 16.2. The molecule has 0 radical (unpaired) electrons. The second kappa shape index (κ2) is 8.58. The van der Waals surface area contributed by atoms with E-state index in [-0.39, 0.29) is 11.8 Å². The standard InChI is InChI=1S/C28H27N3O2/c1-19-16-20(2)18-22(17-19)29-26-25(21-8-4-3-5-9-21)27(32)31(28(26)33)24-12-10-23(11-13-24)30-14-6-7-15-30/h3-5,8-13,16-18,29H,6-7,14-15H2,1-2H3. The van der Waals surface area contributed by atoms with E-state index in [2.05, 4.69) is 16.3 Å². The van der Waals surface area contributed by atoms with Gasteiger partial charge < -0.3 is 10.2 Å². The number of hydrogen-bond donors (Lipinski definition) is 1. The van der Waals surface area contributed by atoms with Crippen molar-refractivity contribution in [2.75, 3.05) is 28.2 Å². The van der Waals surface area contributed by atoms with Gasteiger partial charge in [-0.25, -0.2) is 4.90 Å². The Hall–Kier alpha value is -3.86. The third-order valence-corrected chi connectivity index (χ3v) is 6.22. The van der Waals surface area contributed by atoms with E-state index in [1.54, 1.807) is 0 Å². The molecule has 5 nitrogen and oxygen atoms in total. The van der Waals surface area contributed by atoms with Crippen LogP contribution in [0.15, 0.2) is 78.5 Å². The molecule has 0 atom stereocenters. The second-order valence-corrected chi connectivity index (χ2v) is 8.77. The first-order valence-corrected chi connectivity index (χ1v) is 11.4. The number of amides is 2. The highest BCUT2D eigenvalue weighted by Crippen LogP contribution is 2.35. The fourth-order valence-corrected chi connectivity index (χ4v) is 4.73. The SMILES string of the molecule is Cc1cc(C)cc(NC2=C(c3ccccc3)C(=O)N(c3ccc(N4CCCC4)cc3)C2=O)c1. The molecule has 33 heavy (non-hydrogen) atoms. The number of benzene rings is 3. The Bertz CT molecular complexity index is 1220. The maximum Gasteiger partial charge on any atom is 0.282 e. The molecular weight excluding hydrogens is 410 g/mol. The average Bonchev–Trinajstić information content (AvgIpc) is 3.41. The molecule has 2 amide bonds. The molecule has 0 saturated carbocycles. The summed E-state index contributed by atoms with van der Waals surface area (Å²) in [5, 5.41) is 3.27. The Labute approximate surface area is 194 Å². The molecule has 1 saturated heterocycles. The van der Waals surface area contributed by atoms with Crippen LogP contribution in [0.25, 0.3) is 5.57 Å². The van der Waals surface area contributed by atoms with E-state index < -0.39 is 0 Å². The van der Waals surface area contributed by atoms with Crippen molar-refractivity contribution in [3.63, 3.8) is 0 Å². The van der Waals surface area contributed by atoms with E-state index >= 15 is 0 Å². The van der Waals surface area contributed by atoms with Crippen LogP contribution in [-0.2, 0) is 9.59 Å². The monoisotopic (exact) mass is 437 g/mol. The molecule has 0 unspecified atom stereocenters. The number of aryl methyl sites for hydroxylation is 2. The van der Waals surface area contributed by atoms with Crippen molar-refractivity contribution in [1.82, 2.24) is 0 Å². The third kappa shape index (κ3) is 4.02. The van der Waals surface area contributed by atoms with Gasteiger partial charge in [-0.1, -0.05) is 36.4 Å². The summed E-state index contributed by atoms with van der Waals surface area (Å²) in [5.74, 6) is -0.654. The zero-order valence-corrected chi connectivity index (χ0v) is 19.0. The van der Waals surface area contributed by atoms with Crippen molar-refractivity contribution in [1.29, 1.82) is 0 Å². The maximum atomic E-state index is 13.6. The number of nitrogens with one attached hydrogen (secondary N) is 1. The predicted octanol–water partition coefficient (Wildman–Crippen LogP) is 5.30. The van der Waals surface area contributed by atoms with Crippen LogP contribution < -0.4 is 15.1 Å². The summed E-state index contributed by atoms with van der Waals surface area (Å²) in [4.78, 5) is 30.8. The van der Waals surface area contributed by atoms with Gasteiger partial charge >= 0.3 is 0 Å². The molecule has 3 aromatic rings. The number of rotatable bonds is 5. The van der Waals surface area contributed by atoms with Crippen molar-refractivity contribution >= 4 is 34.4 Å². The van der Waals surface area contributed by atoms with E-state index in [1.807, 2.05) is 80.6 Å². The molecule has 0 aromatic heterocycles. The van der Waals surface area contributed by atoms with E-state index in [0.717, 1.165) is 41.2 Å². The molecule has 1 N–H and O–H groups in total. The van der Waals surface area contributed by atoms with Gasteiger partial charge in [0.1, 0.15) is 5.70 Å². The molecule has 2 aliphatic heterocycles. The Morgan fingerprint density at radius 1 is 0.727 bits per heavy atom. The van der Waals surface area contributed by atoms with Crippen LogP contribution in [0, 0.1) is 13.8 Å². The number of imide groups is 1. The molecule has 5 rings (SSSR count). The van der Waals surface area contributed by atoms with Gasteiger partial charge in [-0.2, -0.15) is 0 Å². The quantitative estimate of drug-likeness (QED) is 0.551. The topological polar surface area (TPSA) is 52.7 Å². The average molecular weight is 438 g/mol. The van der Waals surface area contributed by atoms with E-state index in [9.17, 15) is 9.59 Å². The van der Waals surface area contributed by atoms with Gasteiger partial charge in [0, 0.05) is 24.5 Å². The Balaban J connectivity index is 1.52. The molecule has 2 aliphatic rings. The highest BCUT2D eigenvalue weighted by Gasteiger charge is 2.40. The lowest BCUT2D eigenvalue weighted by Gasteiger charge is -2.20. The molecular formula is C28H27N3O2. The molecule has 166 valence electrons. The highest BCUT2D eigenvalue weighted by atomic mass is 16.2. The third-order valence-electron chi connectivity index (χ3n) is 6.22. The summed E-state index contributed by atoms with van der Waals surface area (Å²) in [7, 11) is 0. The van der Waals surface area contributed by atoms with Crippen LogP contribution in [0.4, 0.5) is 17.1 Å². The van der Waals surface area contributed by atoms with Crippen LogP contribution in [0.5, 0.6) is 0 Å². The molecule has 0 aliphatic carbocycles. The van der Waals surface area contributed by atoms with Crippen LogP contribution in [0.2, 0.25) is 0 Å². The minimum atomic E-state index is -0.341. The minimum Gasteiger partial charge on any atom is -0.372 e. The van der Waals surface area contributed by atoms with Crippen molar-refractivity contribution in [2.24, 2.45) is 0 Å². The predicted molar refractivity (Wildman–Crippen MR) is 133 cm³/mol. The molecule has 3 aromatic carbocycles. The van der Waals surface area contributed by atoms with E-state index in [0.29, 0.717) is 17.0 Å². The summed E-state index contributed by atoms with van der Waals surface area (Å²) < 4.78 is 0. The van der Waals surface area contributed by atoms with E-state index in [1.165, 1.54) is 17.7 Å². The first-order chi connectivity index (χ1) is 16.0. The van der Waals surface area contributed by atoms with Crippen molar-refractivity contribution in [2.45, 2.75) is 26.7 Å². The molecule has 1 fully saturated rings. The summed E-state index contributed by atoms with van der Waals surface area (Å²) in [6.07, 6.45) is 2.39. The van der Waals surface area contributed by atoms with Crippen molar-refractivity contribution in [3.05, 3.63) is 95.2 Å². The number of carbonyl (C=O) groups excluding carboxylic acids is 2. The number of nitrogens with zero attached hydrogens (tertiary/aromatic N) is 2. The zero-order valence-electron chi connectivity index (χ0n) is 19.0. The Morgan fingerprint density at radius 3 is 1.97 bits per heavy atom. The van der Waals surface area contributed by atoms with E-state index in [4.69, 9.17) is 0 Å². The fourth-order valence-electron chi connectivity index (χ4n) is 4.73. The largest absolute Gasteiger partial charge is 0.372 e. The molecule has 0 spiro atoms. The second-order valence-electron chi connectivity index (χ2n) is 8.77. The van der Waals surface area contributed by atoms with Gasteiger partial charge in [-0.3, -0.25) is 9.59 Å². The van der Waals surface area contributed by atoms with Gasteiger partial charge in [0.15, 0.2) is 0 Å². The van der Waals surface area contributed by atoms with Gasteiger partial charge in [0.2, 0.25) is 0 Å². The Morgan fingerprint density at radius 2 is 1.33 bits per heavy atom. The highest BCUT2D eigenvalue weighted by molar-refractivity contribution is 6.46. The van der Waals surface area contributed by atoms with Gasteiger partial charge in [-0.05, 0) is 79.8 Å². The molecule has 2 heterocycles. The number of hydrogen-bond acceptors (Lipinski definition) is 4. The molecule has 0 bridgehead atoms. The van der Waals surface area contributed by atoms with Crippen molar-refractivity contribution < 1.29 is 9.59 Å². The lowest BCUT2D eigenvalue weighted by molar-refractivity contribution is -0.120. The minimum absolute atomic E-state index is 0.305. The van der Waals surface area contributed by atoms with Crippen LogP contribution in [-0.4, -0.2) is 24.9 Å². The van der Waals surface area contributed by atoms with Crippen LogP contribution >= 0.6 is 0 Å². The zero-order chi connectivity index (χ0) is 22.9. The van der Waals surface area contributed by atoms with Gasteiger partial charge in [-0.15, -0.1) is 0 Å².